The Morgan fingerprint density at radius 3 is 2.45 bits per heavy atom. The van der Waals surface area contributed by atoms with Gasteiger partial charge in [-0.3, -0.25) is 0 Å². The van der Waals surface area contributed by atoms with Crippen LogP contribution in [0.15, 0.2) is 40.9 Å². The molecule has 6 heteroatoms. The fourth-order valence-electron chi connectivity index (χ4n) is 2.23. The molecular weight excluding hydrogens is 280 g/mol. The van der Waals surface area contributed by atoms with Crippen molar-refractivity contribution in [1.29, 1.82) is 0 Å². The minimum absolute atomic E-state index is 0.196. The smallest absolute Gasteiger partial charge is 0.167 e. The molecule has 2 N–H and O–H groups in total. The molecule has 0 bridgehead atoms. The molecule has 0 radical (unpaired) electrons. The largest absolute Gasteiger partial charge is 0.497 e. The highest BCUT2D eigenvalue weighted by Gasteiger charge is 2.14. The van der Waals surface area contributed by atoms with E-state index in [-0.39, 0.29) is 6.04 Å². The van der Waals surface area contributed by atoms with E-state index in [0.29, 0.717) is 23.0 Å². The number of nitrogens with zero attached hydrogens (tertiary/aromatic N) is 3. The Labute approximate surface area is 128 Å². The van der Waals surface area contributed by atoms with Gasteiger partial charge >= 0.3 is 0 Å². The second-order valence-corrected chi connectivity index (χ2v) is 5.30. The van der Waals surface area contributed by atoms with Crippen LogP contribution in [-0.2, 0) is 0 Å². The third-order valence-corrected chi connectivity index (χ3v) is 3.40. The van der Waals surface area contributed by atoms with Crippen molar-refractivity contribution in [2.45, 2.75) is 19.9 Å². The summed E-state index contributed by atoms with van der Waals surface area (Å²) in [4.78, 5) is 0. The number of anilines is 1. The van der Waals surface area contributed by atoms with Crippen molar-refractivity contribution < 1.29 is 9.26 Å². The zero-order valence-electron chi connectivity index (χ0n) is 12.8. The Bertz CT molecular complexity index is 772. The molecule has 0 saturated heterocycles. The Morgan fingerprint density at radius 1 is 1.14 bits per heavy atom. The van der Waals surface area contributed by atoms with Gasteiger partial charge in [0.05, 0.1) is 7.11 Å². The average Bonchev–Trinajstić information content (AvgIpc) is 3.14. The van der Waals surface area contributed by atoms with Crippen LogP contribution < -0.4 is 10.5 Å². The highest BCUT2D eigenvalue weighted by molar-refractivity contribution is 5.66. The van der Waals surface area contributed by atoms with Gasteiger partial charge in [0, 0.05) is 23.7 Å². The molecule has 1 aromatic carbocycles. The number of hydrogen-bond donors (Lipinski definition) is 1. The predicted molar refractivity (Wildman–Crippen MR) is 84.5 cm³/mol. The van der Waals surface area contributed by atoms with Crippen molar-refractivity contribution in [1.82, 2.24) is 14.9 Å². The van der Waals surface area contributed by atoms with Crippen LogP contribution in [-0.4, -0.2) is 22.0 Å². The summed E-state index contributed by atoms with van der Waals surface area (Å²) in [5.74, 6) is 2.08. The summed E-state index contributed by atoms with van der Waals surface area (Å²) in [6.45, 7) is 4.05. The second-order valence-electron chi connectivity index (χ2n) is 5.30. The van der Waals surface area contributed by atoms with E-state index >= 15 is 0 Å². The van der Waals surface area contributed by atoms with Gasteiger partial charge in [-0.15, -0.1) is 0 Å². The van der Waals surface area contributed by atoms with Crippen molar-refractivity contribution in [3.8, 4) is 28.5 Å². The molecule has 0 aliphatic carbocycles. The molecular formula is C16H18N4O2. The highest BCUT2D eigenvalue weighted by Crippen LogP contribution is 2.28. The highest BCUT2D eigenvalue weighted by atomic mass is 16.5. The summed E-state index contributed by atoms with van der Waals surface area (Å²) in [5.41, 5.74) is 8.25. The molecule has 0 fully saturated rings. The Morgan fingerprint density at radius 2 is 1.86 bits per heavy atom. The lowest BCUT2D eigenvalue weighted by molar-refractivity contribution is 0.414. The Balaban J connectivity index is 1.91. The summed E-state index contributed by atoms with van der Waals surface area (Å²) >= 11 is 0. The van der Waals surface area contributed by atoms with E-state index in [0.717, 1.165) is 11.3 Å². The summed E-state index contributed by atoms with van der Waals surface area (Å²) in [7, 11) is 1.64. The molecule has 6 nitrogen and oxygen atoms in total. The maximum absolute atomic E-state index is 5.96. The molecule has 114 valence electrons. The van der Waals surface area contributed by atoms with E-state index in [4.69, 9.17) is 15.0 Å². The number of hydrogen-bond acceptors (Lipinski definition) is 5. The minimum Gasteiger partial charge on any atom is -0.497 e. The number of nitrogen functional groups attached to an aromatic ring is 1. The first-order chi connectivity index (χ1) is 10.6. The van der Waals surface area contributed by atoms with E-state index in [1.54, 1.807) is 17.9 Å². The van der Waals surface area contributed by atoms with Gasteiger partial charge in [-0.1, -0.05) is 5.16 Å². The predicted octanol–water partition coefficient (Wildman–Crippen LogP) is 3.38. The summed E-state index contributed by atoms with van der Waals surface area (Å²) < 4.78 is 12.3. The summed E-state index contributed by atoms with van der Waals surface area (Å²) in [5, 5.41) is 8.54. The van der Waals surface area contributed by atoms with Crippen molar-refractivity contribution >= 4 is 5.82 Å². The van der Waals surface area contributed by atoms with Gasteiger partial charge in [0.15, 0.2) is 5.76 Å². The van der Waals surface area contributed by atoms with Crippen LogP contribution in [0.4, 0.5) is 5.82 Å². The third-order valence-electron chi connectivity index (χ3n) is 3.40. The monoisotopic (exact) mass is 298 g/mol. The van der Waals surface area contributed by atoms with Crippen LogP contribution in [0.1, 0.15) is 19.9 Å². The van der Waals surface area contributed by atoms with Gasteiger partial charge in [0.25, 0.3) is 0 Å². The number of rotatable bonds is 4. The minimum atomic E-state index is 0.196. The standard InChI is InChI=1S/C16H18N4O2/c1-10(2)20-16(17)9-13(18-20)14-8-15(22-19-14)11-4-6-12(21-3)7-5-11/h4-10H,17H2,1-3H3. The lowest BCUT2D eigenvalue weighted by Gasteiger charge is -2.06. The number of methoxy groups -OCH3 is 1. The van der Waals surface area contributed by atoms with Gasteiger partial charge < -0.3 is 15.0 Å². The van der Waals surface area contributed by atoms with Gasteiger partial charge in [-0.25, -0.2) is 4.68 Å². The number of benzene rings is 1. The van der Waals surface area contributed by atoms with E-state index < -0.39 is 0 Å². The molecule has 2 aromatic heterocycles. The van der Waals surface area contributed by atoms with E-state index in [1.807, 2.05) is 44.2 Å². The Hall–Kier alpha value is -2.76. The lowest BCUT2D eigenvalue weighted by atomic mass is 10.1. The van der Waals surface area contributed by atoms with Crippen LogP contribution >= 0.6 is 0 Å². The van der Waals surface area contributed by atoms with E-state index in [9.17, 15) is 0 Å². The normalized spacial score (nSPS) is 11.1. The summed E-state index contributed by atoms with van der Waals surface area (Å²) in [6.07, 6.45) is 0. The first kappa shape index (κ1) is 14.2. The van der Waals surface area contributed by atoms with Gasteiger partial charge in [-0.05, 0) is 38.1 Å². The van der Waals surface area contributed by atoms with Crippen molar-refractivity contribution in [2.24, 2.45) is 0 Å². The van der Waals surface area contributed by atoms with E-state index in [2.05, 4.69) is 10.3 Å². The van der Waals surface area contributed by atoms with Gasteiger partial charge in [-0.2, -0.15) is 5.10 Å². The fourth-order valence-corrected chi connectivity index (χ4v) is 2.23. The molecule has 0 spiro atoms. The average molecular weight is 298 g/mol. The van der Waals surface area contributed by atoms with Crippen LogP contribution in [0.5, 0.6) is 5.75 Å². The molecule has 2 heterocycles. The van der Waals surface area contributed by atoms with Crippen molar-refractivity contribution in [3.05, 3.63) is 36.4 Å². The molecule has 0 saturated carbocycles. The van der Waals surface area contributed by atoms with E-state index in [1.165, 1.54) is 0 Å². The molecule has 0 unspecified atom stereocenters. The second kappa shape index (κ2) is 5.55. The van der Waals surface area contributed by atoms with Crippen LogP contribution in [0.25, 0.3) is 22.7 Å². The van der Waals surface area contributed by atoms with Gasteiger partial charge in [0.2, 0.25) is 0 Å². The first-order valence-electron chi connectivity index (χ1n) is 7.05. The van der Waals surface area contributed by atoms with Crippen molar-refractivity contribution in [2.75, 3.05) is 12.8 Å². The SMILES string of the molecule is COc1ccc(-c2cc(-c3cc(N)n(C(C)C)n3)no2)cc1. The quantitative estimate of drug-likeness (QED) is 0.798. The van der Waals surface area contributed by atoms with Crippen molar-refractivity contribution in [3.63, 3.8) is 0 Å². The van der Waals surface area contributed by atoms with Gasteiger partial charge in [0.1, 0.15) is 23.0 Å². The molecule has 0 amide bonds. The zero-order chi connectivity index (χ0) is 15.7. The fraction of sp³-hybridized carbons (Fsp3) is 0.250. The maximum Gasteiger partial charge on any atom is 0.167 e. The first-order valence-corrected chi connectivity index (χ1v) is 7.05. The maximum atomic E-state index is 5.96. The molecule has 3 rings (SSSR count). The molecule has 0 aliphatic rings. The third kappa shape index (κ3) is 2.55. The molecule has 3 aromatic rings. The Kier molecular flexibility index (Phi) is 3.58. The molecule has 22 heavy (non-hydrogen) atoms. The number of ether oxygens (including phenoxy) is 1. The van der Waals surface area contributed by atoms with Crippen LogP contribution in [0.2, 0.25) is 0 Å². The number of nitrogens with two attached hydrogens (primary N) is 1. The molecule has 0 aliphatic heterocycles. The zero-order valence-corrected chi connectivity index (χ0v) is 12.8. The topological polar surface area (TPSA) is 79.1 Å². The van der Waals surface area contributed by atoms with Crippen LogP contribution in [0.3, 0.4) is 0 Å². The molecule has 0 atom stereocenters. The summed E-state index contributed by atoms with van der Waals surface area (Å²) in [6, 6.07) is 11.5. The lowest BCUT2D eigenvalue weighted by Crippen LogP contribution is -2.06. The number of aromatic nitrogens is 3. The van der Waals surface area contributed by atoms with Crippen LogP contribution in [0, 0.1) is 0 Å².